The van der Waals surface area contributed by atoms with Gasteiger partial charge in [-0.05, 0) is 0 Å². The maximum atomic E-state index is 14.3. The molecule has 60 heteroatoms. The third-order valence-corrected chi connectivity index (χ3v) is 11.3. The number of ether oxygens (including phenoxy) is 5. The minimum atomic E-state index is -9.13. The van der Waals surface area contributed by atoms with E-state index in [0.29, 0.717) is 0 Å². The second kappa shape index (κ2) is 24.4. The van der Waals surface area contributed by atoms with Crippen molar-refractivity contribution in [2.24, 2.45) is 0 Å². The van der Waals surface area contributed by atoms with Gasteiger partial charge in [0.25, 0.3) is 0 Å². The summed E-state index contributed by atoms with van der Waals surface area (Å²) < 4.78 is 614. The van der Waals surface area contributed by atoms with E-state index in [2.05, 4.69) is 23.7 Å². The molecule has 4 unspecified atom stereocenters. The number of rotatable bonds is 25. The van der Waals surface area contributed by atoms with Gasteiger partial charge >= 0.3 is 155 Å². The van der Waals surface area contributed by atoms with Crippen molar-refractivity contribution in [3.8, 4) is 0 Å². The Bertz CT molecular complexity index is 3010. The lowest BCUT2D eigenvalue weighted by atomic mass is 9.91. The molecule has 2 rings (SSSR count). The predicted molar refractivity (Wildman–Crippen MR) is 189 cm³/mol. The SMILES string of the molecule is O=C1OC(C(COC(=O)C(F)(F)C(F)(F)C(F)(F)C(F)(F)C(F)(F)C(F)(F)C(F)(F)F)OC(=O)C(F)(F)C(F)(F)C(F)(F)C(F)(F)C(F)(F)C(F)(F)C(F)(F)F)C(O)=C1O.O=C1OC(C(O)COC(=O)C(F)(F)C(F)(F)C(F)(F)C(F)(F)C(F)(F)C(F)(F)C(F)(F)F)C(O)=C1O. The fourth-order valence-corrected chi connectivity index (χ4v) is 5.71. The summed E-state index contributed by atoms with van der Waals surface area (Å²) in [5, 5.41) is 46.1. The molecule has 96 heavy (non-hydrogen) atoms. The highest BCUT2D eigenvalue weighted by atomic mass is 19.5. The van der Waals surface area contributed by atoms with Gasteiger partial charge in [-0.25, -0.2) is 24.0 Å². The molecule has 0 aliphatic carbocycles. The minimum absolute atomic E-state index is 1.57. The molecule has 15 nitrogen and oxygen atoms in total. The fourth-order valence-electron chi connectivity index (χ4n) is 5.71. The molecule has 0 saturated heterocycles. The Hall–Kier alpha value is -7.16. The zero-order valence-electron chi connectivity index (χ0n) is 42.1. The molecule has 0 amide bonds. The molecule has 0 bridgehead atoms. The predicted octanol–water partition coefficient (Wildman–Crippen LogP) is 12.0. The molecule has 562 valence electrons. The van der Waals surface area contributed by atoms with Crippen LogP contribution in [-0.4, -0.2) is 218 Å². The summed E-state index contributed by atoms with van der Waals surface area (Å²) in [6.07, 6.45) is -37.5. The summed E-state index contributed by atoms with van der Waals surface area (Å²) >= 11 is 0. The number of hydrogen-bond acceptors (Lipinski definition) is 15. The Kier molecular flexibility index (Phi) is 22.1. The van der Waals surface area contributed by atoms with Crippen molar-refractivity contribution in [1.29, 1.82) is 0 Å². The highest BCUT2D eigenvalue weighted by Gasteiger charge is 2.97. The van der Waals surface area contributed by atoms with Gasteiger partial charge in [0.15, 0.2) is 23.7 Å². The second-order valence-corrected chi connectivity index (χ2v) is 17.7. The molecule has 0 spiro atoms. The number of carbonyl (C=O) groups excluding carboxylic acids is 5. The lowest BCUT2D eigenvalue weighted by molar-refractivity contribution is -0.450. The van der Waals surface area contributed by atoms with E-state index < -0.39 is 216 Å². The van der Waals surface area contributed by atoms with Crippen molar-refractivity contribution in [3.63, 3.8) is 0 Å². The number of carbonyl (C=O) groups is 5. The first-order valence-electron chi connectivity index (χ1n) is 21.3. The van der Waals surface area contributed by atoms with Crippen LogP contribution in [0.3, 0.4) is 0 Å². The summed E-state index contributed by atoms with van der Waals surface area (Å²) in [7, 11) is 0. The molecule has 0 saturated carbocycles. The molecular formula is C36H13F45O15. The van der Waals surface area contributed by atoms with Gasteiger partial charge in [0, 0.05) is 0 Å². The number of alkyl halides is 45. The van der Waals surface area contributed by atoms with Crippen LogP contribution in [0.4, 0.5) is 198 Å². The van der Waals surface area contributed by atoms with Crippen LogP contribution in [0.25, 0.3) is 0 Å². The summed E-state index contributed by atoms with van der Waals surface area (Å²) in [4.78, 5) is 56.7. The van der Waals surface area contributed by atoms with E-state index in [4.69, 9.17) is 15.3 Å². The van der Waals surface area contributed by atoms with Crippen molar-refractivity contribution >= 4 is 29.8 Å². The van der Waals surface area contributed by atoms with Crippen molar-refractivity contribution in [1.82, 2.24) is 0 Å². The van der Waals surface area contributed by atoms with Crippen LogP contribution in [0.2, 0.25) is 0 Å². The monoisotopic (exact) mass is 1540 g/mol. The fraction of sp³-hybridized carbons (Fsp3) is 0.750. The Balaban J connectivity index is 0.00000109. The van der Waals surface area contributed by atoms with Crippen molar-refractivity contribution in [2.75, 3.05) is 13.2 Å². The molecule has 0 aromatic rings. The average Bonchev–Trinajstić information content (AvgIpc) is 1.06. The summed E-state index contributed by atoms with van der Waals surface area (Å²) in [6, 6.07) is 0. The lowest BCUT2D eigenvalue weighted by Crippen LogP contribution is -2.73. The Morgan fingerprint density at radius 1 is 0.312 bits per heavy atom. The van der Waals surface area contributed by atoms with Gasteiger partial charge in [0.05, 0.1) is 0 Å². The zero-order valence-corrected chi connectivity index (χ0v) is 42.1. The molecule has 2 heterocycles. The van der Waals surface area contributed by atoms with Crippen molar-refractivity contribution in [3.05, 3.63) is 23.0 Å². The molecule has 0 aromatic carbocycles. The number of hydrogen-bond donors (Lipinski definition) is 5. The van der Waals surface area contributed by atoms with Crippen LogP contribution in [-0.2, 0) is 47.7 Å². The van der Waals surface area contributed by atoms with Crippen LogP contribution < -0.4 is 0 Å². The van der Waals surface area contributed by atoms with E-state index in [0.717, 1.165) is 0 Å². The van der Waals surface area contributed by atoms with Gasteiger partial charge in [-0.15, -0.1) is 0 Å². The Morgan fingerprint density at radius 3 is 0.729 bits per heavy atom. The highest BCUT2D eigenvalue weighted by Crippen LogP contribution is 2.66. The smallest absolute Gasteiger partial charge is 0.460 e. The number of halogens is 45. The summed E-state index contributed by atoms with van der Waals surface area (Å²) in [6.45, 7) is -5.61. The van der Waals surface area contributed by atoms with Gasteiger partial charge in [-0.2, -0.15) is 198 Å². The summed E-state index contributed by atoms with van der Waals surface area (Å²) in [5.41, 5.74) is 0. The van der Waals surface area contributed by atoms with Gasteiger partial charge < -0.3 is 49.2 Å². The lowest BCUT2D eigenvalue weighted by Gasteiger charge is -2.41. The number of aliphatic hydroxyl groups is 5. The largest absolute Gasteiger partial charge is 0.505 e. The van der Waals surface area contributed by atoms with E-state index in [1.165, 1.54) is 0 Å². The van der Waals surface area contributed by atoms with Gasteiger partial charge in [0.2, 0.25) is 17.6 Å². The molecule has 0 fully saturated rings. The van der Waals surface area contributed by atoms with Crippen LogP contribution in [0.1, 0.15) is 0 Å². The molecule has 2 aliphatic rings. The highest BCUT2D eigenvalue weighted by molar-refractivity contribution is 5.90. The van der Waals surface area contributed by atoms with E-state index in [1.807, 2.05) is 0 Å². The number of aliphatic hydroxyl groups excluding tert-OH is 5. The van der Waals surface area contributed by atoms with Gasteiger partial charge in [-0.3, -0.25) is 0 Å². The first-order valence-corrected chi connectivity index (χ1v) is 21.3. The van der Waals surface area contributed by atoms with Crippen molar-refractivity contribution in [2.45, 2.75) is 150 Å². The molecule has 0 aromatic heterocycles. The normalized spacial score (nSPS) is 19.1. The van der Waals surface area contributed by atoms with Crippen molar-refractivity contribution < 1.29 is 271 Å². The van der Waals surface area contributed by atoms with E-state index in [9.17, 15) is 232 Å². The standard InChI is InChI=1S/C22H6F30O8.C14H7F15O7/c23-9(24,11(27,28)13(31,32)15(35,36)17(39,40)19(43,44)21(47,48)49)7(56)58-1-2(5-3(53)4(54)6(55)60-5)59-8(57)10(25,26)12(29,30)14(33,34)16(37,38)18(41,42)20(45,46)22(50,51)52;15-8(16,7(34)35-1-2(30)5-3(31)4(32)6(33)36-5)9(17,18)10(19,20)11(21,22)12(23,24)13(25,26)14(27,28)29/h2,5,53-54H,1H2;2,5,30-32H,1H2. The van der Waals surface area contributed by atoms with E-state index in [-0.39, 0.29) is 0 Å². The van der Waals surface area contributed by atoms with Crippen LogP contribution in [0.5, 0.6) is 0 Å². The maximum absolute atomic E-state index is 14.3. The second-order valence-electron chi connectivity index (χ2n) is 17.7. The van der Waals surface area contributed by atoms with Crippen LogP contribution in [0.15, 0.2) is 23.0 Å². The van der Waals surface area contributed by atoms with Crippen LogP contribution in [0, 0.1) is 0 Å². The molecule has 0 radical (unpaired) electrons. The molecule has 2 aliphatic heterocycles. The molecule has 4 atom stereocenters. The van der Waals surface area contributed by atoms with Gasteiger partial charge in [-0.1, -0.05) is 0 Å². The summed E-state index contributed by atoms with van der Waals surface area (Å²) in [5.74, 6) is -181. The van der Waals surface area contributed by atoms with Gasteiger partial charge in [0.1, 0.15) is 19.3 Å². The molecule has 5 N–H and O–H groups in total. The Morgan fingerprint density at radius 2 is 0.510 bits per heavy atom. The zero-order chi connectivity index (χ0) is 78.0. The number of cyclic esters (lactones) is 2. The van der Waals surface area contributed by atoms with E-state index in [1.54, 1.807) is 0 Å². The first kappa shape index (κ1) is 86.9. The average molecular weight is 1540 g/mol. The maximum Gasteiger partial charge on any atom is 0.460 e. The quantitative estimate of drug-likeness (QED) is 0.0325. The topological polar surface area (TPSA) is 233 Å². The molecular weight excluding hydrogens is 1530 g/mol. The third kappa shape index (κ3) is 12.4. The number of esters is 5. The van der Waals surface area contributed by atoms with E-state index >= 15 is 0 Å². The van der Waals surface area contributed by atoms with Crippen LogP contribution >= 0.6 is 0 Å². The Labute approximate surface area is 487 Å². The third-order valence-electron chi connectivity index (χ3n) is 11.3. The minimum Gasteiger partial charge on any atom is -0.505 e. The first-order chi connectivity index (χ1) is 41.4.